The molecule has 0 bridgehead atoms. The fourth-order valence-electron chi connectivity index (χ4n) is 3.02. The molecule has 3 rings (SSSR count). The van der Waals surface area contributed by atoms with Gasteiger partial charge in [0.1, 0.15) is 0 Å². The van der Waals surface area contributed by atoms with Crippen molar-refractivity contribution in [1.82, 2.24) is 10.3 Å². The van der Waals surface area contributed by atoms with Crippen molar-refractivity contribution in [3.8, 4) is 5.75 Å². The molecule has 1 aliphatic rings. The second kappa shape index (κ2) is 8.16. The van der Waals surface area contributed by atoms with Gasteiger partial charge in [-0.15, -0.1) is 0 Å². The molecule has 1 atom stereocenters. The van der Waals surface area contributed by atoms with Gasteiger partial charge in [0.15, 0.2) is 16.7 Å². The highest BCUT2D eigenvalue weighted by molar-refractivity contribution is 7.80. The van der Waals surface area contributed by atoms with E-state index in [1.807, 2.05) is 12.1 Å². The average molecular weight is 356 g/mol. The van der Waals surface area contributed by atoms with Gasteiger partial charge in [-0.2, -0.15) is 0 Å². The number of aromatic nitrogens is 1. The molecule has 25 heavy (non-hydrogen) atoms. The fourth-order valence-corrected chi connectivity index (χ4v) is 3.30. The Balaban J connectivity index is 1.59. The van der Waals surface area contributed by atoms with Gasteiger partial charge in [-0.1, -0.05) is 12.1 Å². The molecule has 1 unspecified atom stereocenters. The zero-order valence-electron chi connectivity index (χ0n) is 14.7. The first kappa shape index (κ1) is 17.5. The van der Waals surface area contributed by atoms with Crippen molar-refractivity contribution in [3.63, 3.8) is 0 Å². The Bertz CT molecular complexity index is 714. The van der Waals surface area contributed by atoms with Gasteiger partial charge < -0.3 is 20.3 Å². The minimum absolute atomic E-state index is 0.0994. The summed E-state index contributed by atoms with van der Waals surface area (Å²) in [6, 6.07) is 12.5. The Morgan fingerprint density at radius 2 is 1.92 bits per heavy atom. The van der Waals surface area contributed by atoms with Crippen molar-refractivity contribution in [2.75, 3.05) is 30.4 Å². The highest BCUT2D eigenvalue weighted by atomic mass is 32.1. The van der Waals surface area contributed by atoms with Crippen LogP contribution in [0, 0.1) is 0 Å². The SMILES string of the molecule is COc1cccnc1NC(=S)NC(C)c1ccc(N2CCCC2)cc1. The van der Waals surface area contributed by atoms with Gasteiger partial charge in [-0.3, -0.25) is 0 Å². The van der Waals surface area contributed by atoms with E-state index in [1.165, 1.54) is 24.1 Å². The van der Waals surface area contributed by atoms with E-state index in [4.69, 9.17) is 17.0 Å². The maximum Gasteiger partial charge on any atom is 0.174 e. The molecule has 1 fully saturated rings. The van der Waals surface area contributed by atoms with Crippen LogP contribution in [0.1, 0.15) is 31.4 Å². The standard InChI is InChI=1S/C19H24N4OS/c1-14(15-7-9-16(10-8-15)23-12-3-4-13-23)21-19(25)22-18-17(24-2)6-5-11-20-18/h5-11,14H,3-4,12-13H2,1-2H3,(H2,20,21,22,25). The molecule has 0 aliphatic carbocycles. The van der Waals surface area contributed by atoms with Gasteiger partial charge >= 0.3 is 0 Å². The van der Waals surface area contributed by atoms with Crippen molar-refractivity contribution < 1.29 is 4.74 Å². The van der Waals surface area contributed by atoms with Crippen LogP contribution >= 0.6 is 12.2 Å². The number of rotatable bonds is 5. The molecule has 0 saturated carbocycles. The Morgan fingerprint density at radius 1 is 1.20 bits per heavy atom. The molecule has 2 N–H and O–H groups in total. The summed E-state index contributed by atoms with van der Waals surface area (Å²) < 4.78 is 5.28. The summed E-state index contributed by atoms with van der Waals surface area (Å²) in [5, 5.41) is 6.91. The lowest BCUT2D eigenvalue weighted by Crippen LogP contribution is -2.31. The smallest absolute Gasteiger partial charge is 0.174 e. The van der Waals surface area contributed by atoms with Gasteiger partial charge in [-0.25, -0.2) is 4.98 Å². The predicted octanol–water partition coefficient (Wildman–Crippen LogP) is 3.74. The molecular weight excluding hydrogens is 332 g/mol. The number of hydrogen-bond donors (Lipinski definition) is 2. The normalized spacial score (nSPS) is 14.9. The molecule has 2 aromatic rings. The highest BCUT2D eigenvalue weighted by Gasteiger charge is 2.13. The number of anilines is 2. The van der Waals surface area contributed by atoms with E-state index in [1.54, 1.807) is 13.3 Å². The molecular formula is C19H24N4OS. The van der Waals surface area contributed by atoms with Gasteiger partial charge in [0.25, 0.3) is 0 Å². The third-order valence-electron chi connectivity index (χ3n) is 4.43. The summed E-state index contributed by atoms with van der Waals surface area (Å²) in [6.07, 6.45) is 4.28. The van der Waals surface area contributed by atoms with Crippen LogP contribution in [-0.4, -0.2) is 30.3 Å². The third-order valence-corrected chi connectivity index (χ3v) is 4.65. The van der Waals surface area contributed by atoms with Crippen LogP contribution in [0.2, 0.25) is 0 Å². The molecule has 6 heteroatoms. The largest absolute Gasteiger partial charge is 0.493 e. The zero-order valence-corrected chi connectivity index (χ0v) is 15.5. The summed E-state index contributed by atoms with van der Waals surface area (Å²) in [5.74, 6) is 1.27. The molecule has 5 nitrogen and oxygen atoms in total. The van der Waals surface area contributed by atoms with Gasteiger partial charge in [0.2, 0.25) is 0 Å². The average Bonchev–Trinajstić information content (AvgIpc) is 3.17. The van der Waals surface area contributed by atoms with Crippen molar-refractivity contribution >= 4 is 28.8 Å². The molecule has 0 spiro atoms. The van der Waals surface area contributed by atoms with E-state index >= 15 is 0 Å². The van der Waals surface area contributed by atoms with Gasteiger partial charge in [-0.05, 0) is 61.8 Å². The van der Waals surface area contributed by atoms with Crippen LogP contribution in [0.3, 0.4) is 0 Å². The summed E-state index contributed by atoms with van der Waals surface area (Å²) in [4.78, 5) is 6.69. The molecule has 1 aromatic heterocycles. The molecule has 1 aliphatic heterocycles. The first-order valence-corrected chi connectivity index (χ1v) is 8.99. The van der Waals surface area contributed by atoms with E-state index < -0.39 is 0 Å². The number of ether oxygens (including phenoxy) is 1. The molecule has 2 heterocycles. The van der Waals surface area contributed by atoms with Crippen LogP contribution < -0.4 is 20.3 Å². The van der Waals surface area contributed by atoms with Crippen LogP contribution in [0.15, 0.2) is 42.6 Å². The fraction of sp³-hybridized carbons (Fsp3) is 0.368. The summed E-state index contributed by atoms with van der Waals surface area (Å²) in [6.45, 7) is 4.41. The molecule has 0 amide bonds. The van der Waals surface area contributed by atoms with Crippen molar-refractivity contribution in [3.05, 3.63) is 48.2 Å². The number of nitrogens with zero attached hydrogens (tertiary/aromatic N) is 2. The number of thiocarbonyl (C=S) groups is 1. The lowest BCUT2D eigenvalue weighted by molar-refractivity contribution is 0.415. The summed E-state index contributed by atoms with van der Waals surface area (Å²) in [7, 11) is 1.61. The Labute approximate surface area is 154 Å². The van der Waals surface area contributed by atoms with Crippen LogP contribution in [0.4, 0.5) is 11.5 Å². The highest BCUT2D eigenvalue weighted by Crippen LogP contribution is 2.23. The summed E-state index contributed by atoms with van der Waals surface area (Å²) >= 11 is 5.41. The second-order valence-corrected chi connectivity index (χ2v) is 6.57. The lowest BCUT2D eigenvalue weighted by Gasteiger charge is -2.20. The number of pyridine rings is 1. The molecule has 0 radical (unpaired) electrons. The van der Waals surface area contributed by atoms with Crippen molar-refractivity contribution in [2.24, 2.45) is 0 Å². The number of nitrogens with one attached hydrogen (secondary N) is 2. The van der Waals surface area contributed by atoms with E-state index in [0.717, 1.165) is 13.1 Å². The second-order valence-electron chi connectivity index (χ2n) is 6.16. The quantitative estimate of drug-likeness (QED) is 0.796. The lowest BCUT2D eigenvalue weighted by atomic mass is 10.1. The first-order chi connectivity index (χ1) is 12.2. The molecule has 1 saturated heterocycles. The van der Waals surface area contributed by atoms with Crippen LogP contribution in [0.5, 0.6) is 5.75 Å². The van der Waals surface area contributed by atoms with Gasteiger partial charge in [0.05, 0.1) is 13.2 Å². The Kier molecular flexibility index (Phi) is 5.71. The molecule has 1 aromatic carbocycles. The van der Waals surface area contributed by atoms with E-state index in [9.17, 15) is 0 Å². The first-order valence-electron chi connectivity index (χ1n) is 8.59. The van der Waals surface area contributed by atoms with Crippen LogP contribution in [-0.2, 0) is 0 Å². The van der Waals surface area contributed by atoms with E-state index in [0.29, 0.717) is 16.7 Å². The number of methoxy groups -OCH3 is 1. The minimum Gasteiger partial charge on any atom is -0.493 e. The van der Waals surface area contributed by atoms with E-state index in [-0.39, 0.29) is 6.04 Å². The zero-order chi connectivity index (χ0) is 17.6. The maximum absolute atomic E-state index is 5.41. The topological polar surface area (TPSA) is 49.4 Å². The Hall–Kier alpha value is -2.34. The minimum atomic E-state index is 0.0994. The predicted molar refractivity (Wildman–Crippen MR) is 106 cm³/mol. The Morgan fingerprint density at radius 3 is 2.60 bits per heavy atom. The molecule has 132 valence electrons. The number of benzene rings is 1. The van der Waals surface area contributed by atoms with Crippen LogP contribution in [0.25, 0.3) is 0 Å². The van der Waals surface area contributed by atoms with Crippen molar-refractivity contribution in [2.45, 2.75) is 25.8 Å². The number of hydrogen-bond acceptors (Lipinski definition) is 4. The van der Waals surface area contributed by atoms with E-state index in [2.05, 4.69) is 51.7 Å². The monoisotopic (exact) mass is 356 g/mol. The van der Waals surface area contributed by atoms with Crippen molar-refractivity contribution in [1.29, 1.82) is 0 Å². The maximum atomic E-state index is 5.41. The summed E-state index contributed by atoms with van der Waals surface area (Å²) in [5.41, 5.74) is 2.49. The third kappa shape index (κ3) is 4.39. The van der Waals surface area contributed by atoms with Gasteiger partial charge in [0, 0.05) is 25.0 Å².